The highest BCUT2D eigenvalue weighted by atomic mass is 16.3. The van der Waals surface area contributed by atoms with Crippen LogP contribution in [0.15, 0.2) is 0 Å². The van der Waals surface area contributed by atoms with Crippen LogP contribution in [0, 0.1) is 11.8 Å². The Morgan fingerprint density at radius 3 is 1.60 bits per heavy atom. The summed E-state index contributed by atoms with van der Waals surface area (Å²) in [7, 11) is 0. The molecule has 0 aromatic rings. The average Bonchev–Trinajstić information content (AvgIpc) is 1.84. The van der Waals surface area contributed by atoms with Gasteiger partial charge in [-0.25, -0.2) is 0 Å². The van der Waals surface area contributed by atoms with Crippen molar-refractivity contribution in [1.82, 2.24) is 0 Å². The summed E-state index contributed by atoms with van der Waals surface area (Å²) >= 11 is 0. The van der Waals surface area contributed by atoms with Gasteiger partial charge in [0.05, 0.1) is 12.2 Å². The Labute approximate surface area is 61.9 Å². The van der Waals surface area contributed by atoms with Crippen molar-refractivity contribution >= 4 is 0 Å². The molecule has 1 saturated carbocycles. The normalized spacial score (nSPS) is 49.2. The molecule has 4 unspecified atom stereocenters. The lowest BCUT2D eigenvalue weighted by molar-refractivity contribution is -0.0237. The summed E-state index contributed by atoms with van der Waals surface area (Å²) < 4.78 is 0. The van der Waals surface area contributed by atoms with Gasteiger partial charge in [-0.3, -0.25) is 0 Å². The molecule has 0 aromatic carbocycles. The van der Waals surface area contributed by atoms with Gasteiger partial charge in [-0.1, -0.05) is 13.8 Å². The molecule has 2 N–H and O–H groups in total. The molecular weight excluding hydrogens is 128 g/mol. The fraction of sp³-hybridized carbons (Fsp3) is 1.00. The predicted octanol–water partition coefficient (Wildman–Crippen LogP) is 0.774. The summed E-state index contributed by atoms with van der Waals surface area (Å²) in [6, 6.07) is 0. The fourth-order valence-electron chi connectivity index (χ4n) is 1.61. The van der Waals surface area contributed by atoms with E-state index in [0.29, 0.717) is 18.3 Å². The molecule has 60 valence electrons. The van der Waals surface area contributed by atoms with Crippen molar-refractivity contribution in [3.63, 3.8) is 0 Å². The third-order valence-corrected chi connectivity index (χ3v) is 2.54. The summed E-state index contributed by atoms with van der Waals surface area (Å²) in [6.45, 7) is 4.07. The SMILES string of the molecule is CC1CC(C)C(O)CC1O. The van der Waals surface area contributed by atoms with E-state index in [1.165, 1.54) is 0 Å². The quantitative estimate of drug-likeness (QED) is 0.527. The number of aliphatic hydroxyl groups excluding tert-OH is 2. The molecule has 1 fully saturated rings. The molecule has 2 heteroatoms. The van der Waals surface area contributed by atoms with Crippen LogP contribution >= 0.6 is 0 Å². The average molecular weight is 144 g/mol. The number of hydrogen-bond acceptors (Lipinski definition) is 2. The highest BCUT2D eigenvalue weighted by molar-refractivity contribution is 4.80. The Hall–Kier alpha value is -0.0800. The van der Waals surface area contributed by atoms with Crippen LogP contribution in [0.5, 0.6) is 0 Å². The van der Waals surface area contributed by atoms with Gasteiger partial charge in [-0.05, 0) is 24.7 Å². The maximum absolute atomic E-state index is 9.31. The molecule has 0 amide bonds. The molecule has 0 heterocycles. The Bertz CT molecular complexity index is 87.8. The minimum Gasteiger partial charge on any atom is -0.393 e. The minimum absolute atomic E-state index is 0.286. The van der Waals surface area contributed by atoms with Crippen molar-refractivity contribution in [3.8, 4) is 0 Å². The molecular formula is C8H16O2. The highest BCUT2D eigenvalue weighted by Crippen LogP contribution is 2.28. The van der Waals surface area contributed by atoms with Crippen LogP contribution in [0.4, 0.5) is 0 Å². The molecule has 0 saturated heterocycles. The summed E-state index contributed by atoms with van der Waals surface area (Å²) in [5.74, 6) is 0.719. The van der Waals surface area contributed by atoms with E-state index >= 15 is 0 Å². The second-order valence-corrected chi connectivity index (χ2v) is 3.56. The zero-order chi connectivity index (χ0) is 7.72. The van der Waals surface area contributed by atoms with Crippen molar-refractivity contribution in [3.05, 3.63) is 0 Å². The second kappa shape index (κ2) is 2.89. The van der Waals surface area contributed by atoms with E-state index in [9.17, 15) is 10.2 Å². The summed E-state index contributed by atoms with van der Waals surface area (Å²) in [5, 5.41) is 18.6. The second-order valence-electron chi connectivity index (χ2n) is 3.56. The first-order chi connectivity index (χ1) is 4.61. The van der Waals surface area contributed by atoms with Gasteiger partial charge in [0.2, 0.25) is 0 Å². The number of hydrogen-bond donors (Lipinski definition) is 2. The lowest BCUT2D eigenvalue weighted by Gasteiger charge is -2.33. The van der Waals surface area contributed by atoms with Gasteiger partial charge in [-0.2, -0.15) is 0 Å². The largest absolute Gasteiger partial charge is 0.393 e. The molecule has 2 nitrogen and oxygen atoms in total. The maximum Gasteiger partial charge on any atom is 0.0590 e. The molecule has 1 aliphatic rings. The molecule has 0 spiro atoms. The van der Waals surface area contributed by atoms with Crippen LogP contribution in [0.2, 0.25) is 0 Å². The lowest BCUT2D eigenvalue weighted by Crippen LogP contribution is -2.35. The van der Waals surface area contributed by atoms with E-state index in [1.807, 2.05) is 13.8 Å². The molecule has 4 atom stereocenters. The van der Waals surface area contributed by atoms with Crippen LogP contribution < -0.4 is 0 Å². The van der Waals surface area contributed by atoms with Gasteiger partial charge in [0.1, 0.15) is 0 Å². The first-order valence-corrected chi connectivity index (χ1v) is 3.97. The molecule has 1 aliphatic carbocycles. The monoisotopic (exact) mass is 144 g/mol. The predicted molar refractivity (Wildman–Crippen MR) is 39.6 cm³/mol. The van der Waals surface area contributed by atoms with Gasteiger partial charge in [0, 0.05) is 0 Å². The third-order valence-electron chi connectivity index (χ3n) is 2.54. The van der Waals surface area contributed by atoms with Crippen molar-refractivity contribution in [2.75, 3.05) is 0 Å². The van der Waals surface area contributed by atoms with Gasteiger partial charge in [-0.15, -0.1) is 0 Å². The van der Waals surface area contributed by atoms with Crippen LogP contribution in [0.25, 0.3) is 0 Å². The maximum atomic E-state index is 9.31. The third kappa shape index (κ3) is 1.50. The van der Waals surface area contributed by atoms with Gasteiger partial charge >= 0.3 is 0 Å². The smallest absolute Gasteiger partial charge is 0.0590 e. The summed E-state index contributed by atoms with van der Waals surface area (Å²) in [5.41, 5.74) is 0. The zero-order valence-corrected chi connectivity index (χ0v) is 6.62. The Kier molecular flexibility index (Phi) is 2.32. The standard InChI is InChI=1S/C8H16O2/c1-5-3-6(2)8(10)4-7(5)9/h5-10H,3-4H2,1-2H3. The topological polar surface area (TPSA) is 40.5 Å². The Morgan fingerprint density at radius 2 is 1.30 bits per heavy atom. The highest BCUT2D eigenvalue weighted by Gasteiger charge is 2.29. The van der Waals surface area contributed by atoms with Crippen molar-refractivity contribution in [2.24, 2.45) is 11.8 Å². The minimum atomic E-state index is -0.286. The fourth-order valence-corrected chi connectivity index (χ4v) is 1.61. The first-order valence-electron chi connectivity index (χ1n) is 3.97. The molecule has 0 aromatic heterocycles. The lowest BCUT2D eigenvalue weighted by atomic mass is 9.79. The van der Waals surface area contributed by atoms with Crippen LogP contribution in [0.1, 0.15) is 26.7 Å². The Balaban J connectivity index is 2.46. The number of rotatable bonds is 0. The molecule has 10 heavy (non-hydrogen) atoms. The van der Waals surface area contributed by atoms with E-state index in [1.54, 1.807) is 0 Å². The van der Waals surface area contributed by atoms with Gasteiger partial charge in [0.15, 0.2) is 0 Å². The Morgan fingerprint density at radius 1 is 0.900 bits per heavy atom. The molecule has 0 aliphatic heterocycles. The van der Waals surface area contributed by atoms with Gasteiger partial charge < -0.3 is 10.2 Å². The van der Waals surface area contributed by atoms with Crippen LogP contribution in [-0.4, -0.2) is 22.4 Å². The van der Waals surface area contributed by atoms with Crippen molar-refractivity contribution < 1.29 is 10.2 Å². The first kappa shape index (κ1) is 8.02. The number of aliphatic hydroxyl groups is 2. The molecule has 1 rings (SSSR count). The molecule has 0 radical (unpaired) electrons. The zero-order valence-electron chi connectivity index (χ0n) is 6.62. The van der Waals surface area contributed by atoms with Crippen LogP contribution in [0.3, 0.4) is 0 Å². The summed E-state index contributed by atoms with van der Waals surface area (Å²) in [6.07, 6.45) is 0.933. The van der Waals surface area contributed by atoms with E-state index in [0.717, 1.165) is 6.42 Å². The van der Waals surface area contributed by atoms with E-state index < -0.39 is 0 Å². The van der Waals surface area contributed by atoms with Crippen molar-refractivity contribution in [1.29, 1.82) is 0 Å². The summed E-state index contributed by atoms with van der Waals surface area (Å²) in [4.78, 5) is 0. The molecule has 0 bridgehead atoms. The van der Waals surface area contributed by atoms with E-state index in [-0.39, 0.29) is 12.2 Å². The van der Waals surface area contributed by atoms with Crippen LogP contribution in [-0.2, 0) is 0 Å². The van der Waals surface area contributed by atoms with Gasteiger partial charge in [0.25, 0.3) is 0 Å². The van der Waals surface area contributed by atoms with Crippen molar-refractivity contribution in [2.45, 2.75) is 38.9 Å². The van der Waals surface area contributed by atoms with E-state index in [4.69, 9.17) is 0 Å². The van der Waals surface area contributed by atoms with E-state index in [2.05, 4.69) is 0 Å².